The Balaban J connectivity index is 1.43. The number of nitrogens with one attached hydrogen (secondary N) is 1. The average molecular weight is 377 g/mol. The number of hydrogen-bond donors (Lipinski definition) is 1. The molecule has 2 aliphatic rings. The lowest BCUT2D eigenvalue weighted by Crippen LogP contribution is -2.32. The molecule has 3 heterocycles. The number of carbonyl (C=O) groups is 1. The summed E-state index contributed by atoms with van der Waals surface area (Å²) in [4.78, 5) is 13.6. The first-order valence-corrected chi connectivity index (χ1v) is 8.47. The van der Waals surface area contributed by atoms with Crippen molar-refractivity contribution in [2.75, 3.05) is 31.1 Å². The van der Waals surface area contributed by atoms with Crippen LogP contribution >= 0.6 is 0 Å². The summed E-state index contributed by atoms with van der Waals surface area (Å²) in [6.45, 7) is 0.531. The van der Waals surface area contributed by atoms with Gasteiger partial charge in [-0.2, -0.15) is 0 Å². The number of carbonyl (C=O) groups excluding carboxylic acids is 1. The third-order valence-electron chi connectivity index (χ3n) is 4.40. The normalized spacial score (nSPS) is 22.9. The van der Waals surface area contributed by atoms with E-state index in [1.807, 2.05) is 0 Å². The van der Waals surface area contributed by atoms with Crippen molar-refractivity contribution in [3.63, 3.8) is 0 Å². The topological polar surface area (TPSA) is 76.8 Å². The third-order valence-corrected chi connectivity index (χ3v) is 4.40. The smallest absolute Gasteiger partial charge is 0.414 e. The fourth-order valence-electron chi connectivity index (χ4n) is 3.11. The molecule has 0 bridgehead atoms. The predicted molar refractivity (Wildman–Crippen MR) is 91.8 cm³/mol. The van der Waals surface area contributed by atoms with Crippen LogP contribution in [-0.2, 0) is 4.74 Å². The zero-order valence-corrected chi connectivity index (χ0v) is 14.2. The Morgan fingerprint density at radius 2 is 2.11 bits per heavy atom. The first kappa shape index (κ1) is 17.5. The first-order valence-electron chi connectivity index (χ1n) is 8.47. The molecule has 4 rings (SSSR count). The maximum absolute atomic E-state index is 14.0. The van der Waals surface area contributed by atoms with Crippen molar-refractivity contribution < 1.29 is 27.6 Å². The molecular formula is C18H17F2N3O4. The van der Waals surface area contributed by atoms with Gasteiger partial charge in [0.2, 0.25) is 0 Å². The monoisotopic (exact) mass is 377 g/mol. The minimum atomic E-state index is -1.40. The summed E-state index contributed by atoms with van der Waals surface area (Å²) in [6.07, 6.45) is -0.993. The second kappa shape index (κ2) is 7.36. The molecule has 0 radical (unpaired) electrons. The summed E-state index contributed by atoms with van der Waals surface area (Å²) in [5.41, 5.74) is 1.10. The van der Waals surface area contributed by atoms with E-state index in [-0.39, 0.29) is 25.3 Å². The minimum Gasteiger partial charge on any atom is -0.471 e. The van der Waals surface area contributed by atoms with Crippen LogP contribution in [0.2, 0.25) is 0 Å². The van der Waals surface area contributed by atoms with E-state index in [2.05, 4.69) is 15.0 Å². The highest BCUT2D eigenvalue weighted by Crippen LogP contribution is 2.30. The molecule has 2 aromatic rings. The molecule has 1 aromatic carbocycles. The summed E-state index contributed by atoms with van der Waals surface area (Å²) in [5, 5.41) is 6.29. The molecule has 1 aromatic heterocycles. The summed E-state index contributed by atoms with van der Waals surface area (Å²) in [5.74, 6) is -0.195. The maximum atomic E-state index is 14.0. The SMILES string of the molecule is O=C1O[C@@H](COc2ccon2)CN1c1ccc(C2=C(F)CNCC2F)cc1. The molecule has 1 saturated heterocycles. The van der Waals surface area contributed by atoms with Crippen LogP contribution in [0.4, 0.5) is 19.3 Å². The van der Waals surface area contributed by atoms with E-state index >= 15 is 0 Å². The molecule has 27 heavy (non-hydrogen) atoms. The molecule has 1 amide bonds. The Hall–Kier alpha value is -2.94. The number of alkyl halides is 1. The first-order chi connectivity index (χ1) is 13.1. The van der Waals surface area contributed by atoms with Crippen LogP contribution in [0.15, 0.2) is 46.9 Å². The molecule has 7 nitrogen and oxygen atoms in total. The van der Waals surface area contributed by atoms with Gasteiger partial charge in [0.15, 0.2) is 6.10 Å². The van der Waals surface area contributed by atoms with Crippen LogP contribution in [0.1, 0.15) is 5.56 Å². The van der Waals surface area contributed by atoms with Crippen LogP contribution in [0.3, 0.4) is 0 Å². The molecule has 0 spiro atoms. The number of cyclic esters (lactones) is 1. The van der Waals surface area contributed by atoms with Crippen molar-refractivity contribution >= 4 is 17.4 Å². The number of rotatable bonds is 5. The largest absolute Gasteiger partial charge is 0.471 e. The number of aromatic nitrogens is 1. The Kier molecular flexibility index (Phi) is 4.76. The van der Waals surface area contributed by atoms with Gasteiger partial charge in [-0.05, 0) is 22.9 Å². The molecule has 1 unspecified atom stereocenters. The third kappa shape index (κ3) is 3.63. The van der Waals surface area contributed by atoms with Gasteiger partial charge in [-0.15, -0.1) is 0 Å². The van der Waals surface area contributed by atoms with Crippen molar-refractivity contribution in [3.8, 4) is 5.88 Å². The predicted octanol–water partition coefficient (Wildman–Crippen LogP) is 2.70. The number of nitrogens with zero attached hydrogens (tertiary/aromatic N) is 2. The summed E-state index contributed by atoms with van der Waals surface area (Å²) in [6, 6.07) is 8.06. The summed E-state index contributed by atoms with van der Waals surface area (Å²) in [7, 11) is 0. The van der Waals surface area contributed by atoms with Crippen LogP contribution in [0, 0.1) is 0 Å². The summed E-state index contributed by atoms with van der Waals surface area (Å²) < 4.78 is 43.3. The van der Waals surface area contributed by atoms with E-state index in [0.29, 0.717) is 23.7 Å². The van der Waals surface area contributed by atoms with Gasteiger partial charge in [-0.1, -0.05) is 12.1 Å². The number of benzene rings is 1. The van der Waals surface area contributed by atoms with Crippen LogP contribution in [0.25, 0.3) is 5.57 Å². The second-order valence-corrected chi connectivity index (χ2v) is 6.23. The average Bonchev–Trinajstić information content (AvgIpc) is 3.30. The van der Waals surface area contributed by atoms with Crippen LogP contribution in [0.5, 0.6) is 5.88 Å². The lowest BCUT2D eigenvalue weighted by atomic mass is 9.97. The molecule has 142 valence electrons. The van der Waals surface area contributed by atoms with Crippen molar-refractivity contribution in [1.29, 1.82) is 0 Å². The van der Waals surface area contributed by atoms with Crippen molar-refractivity contribution in [3.05, 3.63) is 48.0 Å². The Bertz CT molecular complexity index is 839. The Labute approximate surface area is 153 Å². The minimum absolute atomic E-state index is 0.0170. The number of hydrogen-bond acceptors (Lipinski definition) is 6. The Morgan fingerprint density at radius 3 is 2.81 bits per heavy atom. The van der Waals surface area contributed by atoms with E-state index in [0.717, 1.165) is 0 Å². The quantitative estimate of drug-likeness (QED) is 0.863. The fourth-order valence-corrected chi connectivity index (χ4v) is 3.11. The Morgan fingerprint density at radius 1 is 1.30 bits per heavy atom. The van der Waals surface area contributed by atoms with Crippen LogP contribution < -0.4 is 15.0 Å². The number of amides is 1. The molecule has 2 atom stereocenters. The van der Waals surface area contributed by atoms with E-state index in [1.54, 1.807) is 30.3 Å². The molecular weight excluding hydrogens is 360 g/mol. The lowest BCUT2D eigenvalue weighted by Gasteiger charge is -2.21. The van der Waals surface area contributed by atoms with Crippen molar-refractivity contribution in [1.82, 2.24) is 10.5 Å². The number of halogens is 2. The maximum Gasteiger partial charge on any atom is 0.414 e. The highest BCUT2D eigenvalue weighted by atomic mass is 19.1. The zero-order valence-electron chi connectivity index (χ0n) is 14.2. The highest BCUT2D eigenvalue weighted by Gasteiger charge is 2.33. The van der Waals surface area contributed by atoms with Gasteiger partial charge in [0.1, 0.15) is 24.9 Å². The molecule has 1 N–H and O–H groups in total. The molecule has 2 aliphatic heterocycles. The molecule has 9 heteroatoms. The second-order valence-electron chi connectivity index (χ2n) is 6.23. The van der Waals surface area contributed by atoms with Gasteiger partial charge >= 0.3 is 6.09 Å². The van der Waals surface area contributed by atoms with E-state index < -0.39 is 24.2 Å². The van der Waals surface area contributed by atoms with Crippen molar-refractivity contribution in [2.24, 2.45) is 0 Å². The van der Waals surface area contributed by atoms with Crippen molar-refractivity contribution in [2.45, 2.75) is 12.3 Å². The van der Waals surface area contributed by atoms with Gasteiger partial charge in [0.25, 0.3) is 5.88 Å². The van der Waals surface area contributed by atoms with Gasteiger partial charge in [0, 0.05) is 30.4 Å². The van der Waals surface area contributed by atoms with E-state index in [9.17, 15) is 13.6 Å². The number of anilines is 1. The standard InChI is InChI=1S/C18H17F2N3O4/c19-14-7-21-8-15(20)17(14)11-1-3-12(4-2-11)23-9-13(27-18(23)24)10-25-16-5-6-26-22-16/h1-6,13-14,21H,7-10H2/t13-,14?/m1/s1. The van der Waals surface area contributed by atoms with Gasteiger partial charge in [0.05, 0.1) is 6.54 Å². The fraction of sp³-hybridized carbons (Fsp3) is 0.333. The molecule has 1 fully saturated rings. The van der Waals surface area contributed by atoms with Gasteiger partial charge < -0.3 is 19.3 Å². The lowest BCUT2D eigenvalue weighted by molar-refractivity contribution is 0.102. The van der Waals surface area contributed by atoms with Crippen LogP contribution in [-0.4, -0.2) is 49.8 Å². The highest BCUT2D eigenvalue weighted by molar-refractivity contribution is 5.90. The molecule has 0 saturated carbocycles. The number of ether oxygens (including phenoxy) is 2. The summed E-state index contributed by atoms with van der Waals surface area (Å²) >= 11 is 0. The van der Waals surface area contributed by atoms with E-state index in [1.165, 1.54) is 11.2 Å². The zero-order chi connectivity index (χ0) is 18.8. The molecule has 0 aliphatic carbocycles. The van der Waals surface area contributed by atoms with Gasteiger partial charge in [-0.25, -0.2) is 13.6 Å². The van der Waals surface area contributed by atoms with Gasteiger partial charge in [-0.3, -0.25) is 4.90 Å². The van der Waals surface area contributed by atoms with E-state index in [4.69, 9.17) is 9.47 Å².